The number of carbonyl (C=O) groups is 1. The van der Waals surface area contributed by atoms with Gasteiger partial charge < -0.3 is 15.5 Å². The molecule has 4 saturated heterocycles. The maximum atomic E-state index is 12.1. The van der Waals surface area contributed by atoms with E-state index in [1.165, 1.54) is 25.9 Å². The second-order valence-corrected chi connectivity index (χ2v) is 6.21. The van der Waals surface area contributed by atoms with Gasteiger partial charge in [-0.15, -0.1) is 0 Å². The van der Waals surface area contributed by atoms with E-state index in [2.05, 4.69) is 15.5 Å². The van der Waals surface area contributed by atoms with Gasteiger partial charge in [-0.3, -0.25) is 4.79 Å². The Kier molecular flexibility index (Phi) is 3.85. The summed E-state index contributed by atoms with van der Waals surface area (Å²) in [5.74, 6) is 1.64. The molecule has 0 aliphatic carbocycles. The van der Waals surface area contributed by atoms with E-state index in [4.69, 9.17) is 0 Å². The van der Waals surface area contributed by atoms with Crippen molar-refractivity contribution in [3.8, 4) is 0 Å². The smallest absolute Gasteiger partial charge is 0.220 e. The zero-order chi connectivity index (χ0) is 12.4. The largest absolute Gasteiger partial charge is 0.352 e. The van der Waals surface area contributed by atoms with E-state index in [-0.39, 0.29) is 0 Å². The van der Waals surface area contributed by atoms with E-state index in [0.29, 0.717) is 17.9 Å². The number of rotatable bonds is 3. The van der Waals surface area contributed by atoms with Crippen molar-refractivity contribution in [2.24, 2.45) is 11.8 Å². The molecule has 1 atom stereocenters. The van der Waals surface area contributed by atoms with Crippen LogP contribution in [0.3, 0.4) is 0 Å². The van der Waals surface area contributed by atoms with Crippen molar-refractivity contribution in [3.63, 3.8) is 0 Å². The van der Waals surface area contributed by atoms with E-state index in [0.717, 1.165) is 44.8 Å². The van der Waals surface area contributed by atoms with Gasteiger partial charge in [0.1, 0.15) is 0 Å². The van der Waals surface area contributed by atoms with E-state index in [1.807, 2.05) is 0 Å². The zero-order valence-corrected chi connectivity index (χ0v) is 11.2. The summed E-state index contributed by atoms with van der Waals surface area (Å²) in [6, 6.07) is 0.432. The highest BCUT2D eigenvalue weighted by molar-refractivity contribution is 5.76. The monoisotopic (exact) mass is 251 g/mol. The van der Waals surface area contributed by atoms with Crippen LogP contribution in [0.5, 0.6) is 0 Å². The Balaban J connectivity index is 1.45. The van der Waals surface area contributed by atoms with Crippen LogP contribution in [-0.2, 0) is 4.79 Å². The lowest BCUT2D eigenvalue weighted by Gasteiger charge is -2.45. The van der Waals surface area contributed by atoms with Crippen LogP contribution >= 0.6 is 0 Å². The maximum Gasteiger partial charge on any atom is 0.220 e. The molecule has 102 valence electrons. The summed E-state index contributed by atoms with van der Waals surface area (Å²) < 4.78 is 0. The summed E-state index contributed by atoms with van der Waals surface area (Å²) in [6.07, 6.45) is 5.61. The summed E-state index contributed by atoms with van der Waals surface area (Å²) in [5, 5.41) is 6.65. The molecule has 4 aliphatic heterocycles. The summed E-state index contributed by atoms with van der Waals surface area (Å²) >= 11 is 0. The van der Waals surface area contributed by atoms with Crippen LogP contribution in [0.2, 0.25) is 0 Å². The Morgan fingerprint density at radius 3 is 2.50 bits per heavy atom. The molecule has 0 saturated carbocycles. The fourth-order valence-corrected chi connectivity index (χ4v) is 3.74. The standard InChI is InChI=1S/C14H25N3O/c18-14(9-11-1-5-15-6-2-11)16-13-10-17-7-3-12(13)4-8-17/h11-13,15H,1-10H2,(H,16,18). The predicted octanol–water partition coefficient (Wildman–Crippen LogP) is 0.587. The van der Waals surface area contributed by atoms with Gasteiger partial charge in [-0.05, 0) is 63.7 Å². The minimum Gasteiger partial charge on any atom is -0.352 e. The van der Waals surface area contributed by atoms with Gasteiger partial charge in [0.2, 0.25) is 5.91 Å². The fraction of sp³-hybridized carbons (Fsp3) is 0.929. The topological polar surface area (TPSA) is 44.4 Å². The van der Waals surface area contributed by atoms with Crippen LogP contribution in [-0.4, -0.2) is 49.6 Å². The SMILES string of the molecule is O=C(CC1CCNCC1)NC1CN2CCC1CC2. The van der Waals surface area contributed by atoms with E-state index < -0.39 is 0 Å². The Hall–Kier alpha value is -0.610. The molecule has 0 aromatic rings. The van der Waals surface area contributed by atoms with Crippen molar-refractivity contribution in [1.82, 2.24) is 15.5 Å². The molecule has 0 spiro atoms. The highest BCUT2D eigenvalue weighted by Gasteiger charge is 2.34. The van der Waals surface area contributed by atoms with E-state index >= 15 is 0 Å². The van der Waals surface area contributed by atoms with Crippen LogP contribution in [0.4, 0.5) is 0 Å². The molecule has 18 heavy (non-hydrogen) atoms. The number of piperidine rings is 4. The van der Waals surface area contributed by atoms with Crippen LogP contribution in [0.1, 0.15) is 32.1 Å². The average molecular weight is 251 g/mol. The van der Waals surface area contributed by atoms with Crippen molar-refractivity contribution < 1.29 is 4.79 Å². The molecule has 0 aromatic heterocycles. The number of amides is 1. The highest BCUT2D eigenvalue weighted by Crippen LogP contribution is 2.27. The molecule has 4 heteroatoms. The lowest BCUT2D eigenvalue weighted by Crippen LogP contribution is -2.57. The number of hydrogen-bond donors (Lipinski definition) is 2. The maximum absolute atomic E-state index is 12.1. The van der Waals surface area contributed by atoms with Crippen molar-refractivity contribution in [2.75, 3.05) is 32.7 Å². The first-order valence-corrected chi connectivity index (χ1v) is 7.53. The number of nitrogens with one attached hydrogen (secondary N) is 2. The second-order valence-electron chi connectivity index (χ2n) is 6.21. The molecule has 4 heterocycles. The molecule has 1 amide bonds. The van der Waals surface area contributed by atoms with Crippen LogP contribution in [0.15, 0.2) is 0 Å². The van der Waals surface area contributed by atoms with Gasteiger partial charge >= 0.3 is 0 Å². The minimum atomic E-state index is 0.292. The molecule has 4 aliphatic rings. The van der Waals surface area contributed by atoms with Gasteiger partial charge in [0, 0.05) is 19.0 Å². The lowest BCUT2D eigenvalue weighted by molar-refractivity contribution is -0.124. The molecule has 0 radical (unpaired) electrons. The quantitative estimate of drug-likeness (QED) is 0.771. The third-order valence-corrected chi connectivity index (χ3v) is 4.94. The molecule has 0 aromatic carbocycles. The third kappa shape index (κ3) is 2.86. The van der Waals surface area contributed by atoms with E-state index in [9.17, 15) is 4.79 Å². The average Bonchev–Trinajstić information content (AvgIpc) is 2.41. The van der Waals surface area contributed by atoms with Crippen molar-refractivity contribution >= 4 is 5.91 Å². The molecular formula is C14H25N3O. The molecule has 4 fully saturated rings. The number of nitrogens with zero attached hydrogens (tertiary/aromatic N) is 1. The Morgan fingerprint density at radius 2 is 1.89 bits per heavy atom. The lowest BCUT2D eigenvalue weighted by atomic mass is 9.84. The summed E-state index contributed by atoms with van der Waals surface area (Å²) in [7, 11) is 0. The zero-order valence-electron chi connectivity index (χ0n) is 11.2. The summed E-state index contributed by atoms with van der Waals surface area (Å²) in [5.41, 5.74) is 0. The second kappa shape index (κ2) is 5.57. The molecule has 2 N–H and O–H groups in total. The highest BCUT2D eigenvalue weighted by atomic mass is 16.1. The van der Waals surface area contributed by atoms with Crippen LogP contribution in [0.25, 0.3) is 0 Å². The first-order valence-electron chi connectivity index (χ1n) is 7.53. The molecule has 1 unspecified atom stereocenters. The van der Waals surface area contributed by atoms with Crippen molar-refractivity contribution in [1.29, 1.82) is 0 Å². The van der Waals surface area contributed by atoms with Gasteiger partial charge in [-0.25, -0.2) is 0 Å². The predicted molar refractivity (Wildman–Crippen MR) is 71.3 cm³/mol. The van der Waals surface area contributed by atoms with E-state index in [1.54, 1.807) is 0 Å². The van der Waals surface area contributed by atoms with Crippen LogP contribution < -0.4 is 10.6 Å². The molecule has 4 rings (SSSR count). The normalized spacial score (nSPS) is 36.6. The fourth-order valence-electron chi connectivity index (χ4n) is 3.74. The number of fused-ring (bicyclic) bond motifs is 3. The Labute approximate surface area is 109 Å². The van der Waals surface area contributed by atoms with Crippen molar-refractivity contribution in [3.05, 3.63) is 0 Å². The van der Waals surface area contributed by atoms with Crippen LogP contribution in [0, 0.1) is 11.8 Å². The summed E-state index contributed by atoms with van der Waals surface area (Å²) in [6.45, 7) is 5.73. The minimum absolute atomic E-state index is 0.292. The molecular weight excluding hydrogens is 226 g/mol. The molecule has 2 bridgehead atoms. The van der Waals surface area contributed by atoms with Gasteiger partial charge in [-0.1, -0.05) is 0 Å². The first kappa shape index (κ1) is 12.4. The van der Waals surface area contributed by atoms with Gasteiger partial charge in [0.15, 0.2) is 0 Å². The van der Waals surface area contributed by atoms with Crippen molar-refractivity contribution in [2.45, 2.75) is 38.1 Å². The number of hydrogen-bond acceptors (Lipinski definition) is 3. The number of carbonyl (C=O) groups excluding carboxylic acids is 1. The Morgan fingerprint density at radius 1 is 1.17 bits per heavy atom. The van der Waals surface area contributed by atoms with Gasteiger partial charge in [0.25, 0.3) is 0 Å². The molecule has 4 nitrogen and oxygen atoms in total. The summed E-state index contributed by atoms with van der Waals surface area (Å²) in [4.78, 5) is 14.6. The first-order chi connectivity index (χ1) is 8.81. The van der Waals surface area contributed by atoms with Gasteiger partial charge in [-0.2, -0.15) is 0 Å². The van der Waals surface area contributed by atoms with Gasteiger partial charge in [0.05, 0.1) is 0 Å². The third-order valence-electron chi connectivity index (χ3n) is 4.94. The Bertz CT molecular complexity index is 293.